The highest BCUT2D eigenvalue weighted by Gasteiger charge is 2.58. The average Bonchev–Trinajstić information content (AvgIpc) is 3.38. The molecule has 2 aromatic carbocycles. The van der Waals surface area contributed by atoms with Crippen LogP contribution in [0.2, 0.25) is 5.02 Å². The molecule has 10 nitrogen and oxygen atoms in total. The van der Waals surface area contributed by atoms with Crippen LogP contribution in [0.1, 0.15) is 58.2 Å². The standard InChI is InChI=1S/C31H38ClNO9/c1-7-38-27(35)31(28(36)39-8-2)40-18-25(41-31)22-12-9-11-21(16-22)15-20(3)33-19-30(37,26(34)42-29(4,5)6)23-13-10-14-24(32)17-23/h9-14,16-18,20,33,37H,7-8,15,19H2,1-6H3. The van der Waals surface area contributed by atoms with Crippen molar-refractivity contribution in [3.63, 3.8) is 0 Å². The number of halogens is 1. The van der Waals surface area contributed by atoms with Gasteiger partial charge in [0.05, 0.1) is 13.2 Å². The lowest BCUT2D eigenvalue weighted by Gasteiger charge is -2.32. The number of esters is 3. The minimum absolute atomic E-state index is 0.0166. The van der Waals surface area contributed by atoms with Gasteiger partial charge in [-0.3, -0.25) is 0 Å². The first-order valence-corrected chi connectivity index (χ1v) is 14.1. The Morgan fingerprint density at radius 3 is 2.26 bits per heavy atom. The number of ether oxygens (including phenoxy) is 5. The molecule has 0 fully saturated rings. The molecule has 1 aliphatic rings. The van der Waals surface area contributed by atoms with Crippen LogP contribution in [0.25, 0.3) is 5.76 Å². The van der Waals surface area contributed by atoms with Crippen molar-refractivity contribution in [2.45, 2.75) is 71.0 Å². The Bertz CT molecular complexity index is 1300. The first kappa shape index (κ1) is 32.9. The van der Waals surface area contributed by atoms with E-state index in [1.807, 2.05) is 19.1 Å². The molecule has 42 heavy (non-hydrogen) atoms. The highest BCUT2D eigenvalue weighted by molar-refractivity contribution is 6.30. The van der Waals surface area contributed by atoms with Gasteiger partial charge in [-0.15, -0.1) is 0 Å². The van der Waals surface area contributed by atoms with Gasteiger partial charge in [-0.25, -0.2) is 14.4 Å². The van der Waals surface area contributed by atoms with Gasteiger partial charge >= 0.3 is 23.7 Å². The molecule has 0 bridgehead atoms. The van der Waals surface area contributed by atoms with E-state index < -0.39 is 34.9 Å². The summed E-state index contributed by atoms with van der Waals surface area (Å²) in [4.78, 5) is 38.3. The third-order valence-corrected chi connectivity index (χ3v) is 6.41. The number of hydrogen-bond acceptors (Lipinski definition) is 10. The molecule has 0 aliphatic carbocycles. The lowest BCUT2D eigenvalue weighted by Crippen LogP contribution is -2.50. The molecule has 0 radical (unpaired) electrons. The Kier molecular flexibility index (Phi) is 10.6. The Balaban J connectivity index is 1.75. The summed E-state index contributed by atoms with van der Waals surface area (Å²) in [5.74, 6) is -5.05. The maximum atomic E-state index is 13.1. The van der Waals surface area contributed by atoms with E-state index in [0.29, 0.717) is 22.6 Å². The van der Waals surface area contributed by atoms with Crippen LogP contribution >= 0.6 is 11.6 Å². The van der Waals surface area contributed by atoms with Crippen LogP contribution in [-0.2, 0) is 50.1 Å². The molecular formula is C31H38ClNO9. The van der Waals surface area contributed by atoms with Crippen molar-refractivity contribution in [1.82, 2.24) is 5.32 Å². The maximum Gasteiger partial charge on any atom is 0.453 e. The minimum atomic E-state index is -2.38. The monoisotopic (exact) mass is 603 g/mol. The van der Waals surface area contributed by atoms with Gasteiger partial charge in [-0.2, -0.15) is 0 Å². The Morgan fingerprint density at radius 1 is 1.02 bits per heavy atom. The van der Waals surface area contributed by atoms with Crippen LogP contribution in [0.5, 0.6) is 0 Å². The molecule has 0 saturated heterocycles. The van der Waals surface area contributed by atoms with E-state index in [4.69, 9.17) is 35.3 Å². The molecule has 228 valence electrons. The fourth-order valence-corrected chi connectivity index (χ4v) is 4.37. The van der Waals surface area contributed by atoms with Crippen molar-refractivity contribution in [3.8, 4) is 0 Å². The summed E-state index contributed by atoms with van der Waals surface area (Å²) < 4.78 is 26.7. The summed E-state index contributed by atoms with van der Waals surface area (Å²) >= 11 is 6.15. The number of nitrogens with one attached hydrogen (secondary N) is 1. The van der Waals surface area contributed by atoms with Gasteiger partial charge < -0.3 is 34.1 Å². The molecule has 2 unspecified atom stereocenters. The summed E-state index contributed by atoms with van der Waals surface area (Å²) in [6.07, 6.45) is 1.67. The molecule has 1 aliphatic heterocycles. The lowest BCUT2D eigenvalue weighted by molar-refractivity contribution is -0.215. The highest BCUT2D eigenvalue weighted by Crippen LogP contribution is 2.34. The molecule has 2 N–H and O–H groups in total. The molecule has 3 rings (SSSR count). The minimum Gasteiger partial charge on any atom is -0.460 e. The summed E-state index contributed by atoms with van der Waals surface area (Å²) in [5, 5.41) is 15.2. The molecule has 0 saturated carbocycles. The smallest absolute Gasteiger partial charge is 0.453 e. The highest BCUT2D eigenvalue weighted by atomic mass is 35.5. The van der Waals surface area contributed by atoms with E-state index in [1.54, 1.807) is 65.0 Å². The van der Waals surface area contributed by atoms with Crippen molar-refractivity contribution in [2.24, 2.45) is 0 Å². The van der Waals surface area contributed by atoms with Crippen LogP contribution in [-0.4, -0.2) is 60.2 Å². The quantitative estimate of drug-likeness (QED) is 0.206. The molecular weight excluding hydrogens is 566 g/mol. The first-order valence-electron chi connectivity index (χ1n) is 13.7. The molecule has 0 aromatic heterocycles. The van der Waals surface area contributed by atoms with Crippen LogP contribution in [0.15, 0.2) is 54.8 Å². The zero-order chi connectivity index (χ0) is 31.1. The summed E-state index contributed by atoms with van der Waals surface area (Å²) in [6, 6.07) is 13.5. The van der Waals surface area contributed by atoms with Gasteiger partial charge in [0, 0.05) is 23.2 Å². The first-order chi connectivity index (χ1) is 19.7. The van der Waals surface area contributed by atoms with Crippen molar-refractivity contribution in [3.05, 3.63) is 76.5 Å². The van der Waals surface area contributed by atoms with Crippen LogP contribution in [0.4, 0.5) is 0 Å². The van der Waals surface area contributed by atoms with Crippen molar-refractivity contribution in [1.29, 1.82) is 0 Å². The van der Waals surface area contributed by atoms with Crippen LogP contribution < -0.4 is 5.32 Å². The molecule has 1 heterocycles. The number of rotatable bonds is 12. The van der Waals surface area contributed by atoms with E-state index in [-0.39, 0.29) is 31.6 Å². The lowest BCUT2D eigenvalue weighted by atomic mass is 9.92. The van der Waals surface area contributed by atoms with Crippen molar-refractivity contribution < 1.29 is 43.2 Å². The fraction of sp³-hybridized carbons (Fsp3) is 0.452. The zero-order valence-corrected chi connectivity index (χ0v) is 25.4. The van der Waals surface area contributed by atoms with E-state index in [0.717, 1.165) is 5.56 Å². The summed E-state index contributed by atoms with van der Waals surface area (Å²) in [7, 11) is 0. The second kappa shape index (κ2) is 13.6. The number of aliphatic hydroxyl groups is 1. The molecule has 11 heteroatoms. The molecule has 2 aromatic rings. The summed E-state index contributed by atoms with van der Waals surface area (Å²) in [6.45, 7) is 10.2. The number of carbonyl (C=O) groups excluding carboxylic acids is 3. The van der Waals surface area contributed by atoms with Gasteiger partial charge in [-0.1, -0.05) is 41.9 Å². The Hall–Kier alpha value is -3.60. The predicted molar refractivity (Wildman–Crippen MR) is 155 cm³/mol. The van der Waals surface area contributed by atoms with E-state index >= 15 is 0 Å². The van der Waals surface area contributed by atoms with Gasteiger partial charge in [-0.05, 0) is 77.3 Å². The maximum absolute atomic E-state index is 13.1. The molecule has 2 atom stereocenters. The zero-order valence-electron chi connectivity index (χ0n) is 24.7. The normalized spacial score (nSPS) is 16.2. The predicted octanol–water partition coefficient (Wildman–Crippen LogP) is 4.26. The number of hydrogen-bond donors (Lipinski definition) is 2. The van der Waals surface area contributed by atoms with E-state index in [2.05, 4.69) is 5.32 Å². The Morgan fingerprint density at radius 2 is 1.67 bits per heavy atom. The molecule has 0 spiro atoms. The second-order valence-electron chi connectivity index (χ2n) is 10.8. The molecule has 0 amide bonds. The van der Waals surface area contributed by atoms with Crippen LogP contribution in [0.3, 0.4) is 0 Å². The fourth-order valence-electron chi connectivity index (χ4n) is 4.18. The third kappa shape index (κ3) is 7.81. The van der Waals surface area contributed by atoms with Gasteiger partial charge in [0.1, 0.15) is 11.9 Å². The SMILES string of the molecule is CCOC(=O)C1(C(=O)OCC)OC=C(c2cccc(CC(C)NCC(O)(C(=O)OC(C)(C)C)c3cccc(Cl)c3)c2)O1. The van der Waals surface area contributed by atoms with Gasteiger partial charge in [0.2, 0.25) is 0 Å². The van der Waals surface area contributed by atoms with Gasteiger partial charge in [0.15, 0.2) is 11.4 Å². The summed E-state index contributed by atoms with van der Waals surface area (Å²) in [5.41, 5.74) is -1.07. The van der Waals surface area contributed by atoms with E-state index in [9.17, 15) is 19.5 Å². The third-order valence-electron chi connectivity index (χ3n) is 6.17. The van der Waals surface area contributed by atoms with Crippen LogP contribution in [0, 0.1) is 0 Å². The largest absolute Gasteiger partial charge is 0.460 e. The average molecular weight is 604 g/mol. The van der Waals surface area contributed by atoms with Crippen molar-refractivity contribution >= 4 is 35.3 Å². The number of carbonyl (C=O) groups is 3. The topological polar surface area (TPSA) is 130 Å². The Labute approximate surface area is 250 Å². The van der Waals surface area contributed by atoms with E-state index in [1.165, 1.54) is 12.3 Å². The number of benzene rings is 2. The van der Waals surface area contributed by atoms with Gasteiger partial charge in [0.25, 0.3) is 0 Å². The second-order valence-corrected chi connectivity index (χ2v) is 11.3. The van der Waals surface area contributed by atoms with Crippen molar-refractivity contribution in [2.75, 3.05) is 19.8 Å².